The van der Waals surface area contributed by atoms with Crippen LogP contribution in [-0.2, 0) is 17.8 Å². The van der Waals surface area contributed by atoms with Gasteiger partial charge in [0.15, 0.2) is 0 Å². The standard InChI is InChI=1S/C36H45N5O4/c1-4-40(23-22-38(2)36(43)45-26-27-8-6-5-7-9-27)32-12-13-34(44-3)29(24-32)14-18-39-19-16-31(17-20-39)41-21-15-28-10-11-30(35(37)42)25-33(28)41/h5-13,15,21,24-25,31H,4,14,16-20,22-23,26H2,1-3H3,(H2,37,42). The van der Waals surface area contributed by atoms with Gasteiger partial charge in [0.2, 0.25) is 5.91 Å². The van der Waals surface area contributed by atoms with Crippen molar-refractivity contribution >= 4 is 28.6 Å². The number of nitrogens with zero attached hydrogens (tertiary/aromatic N) is 4. The lowest BCUT2D eigenvalue weighted by Gasteiger charge is -2.33. The molecular weight excluding hydrogens is 566 g/mol. The molecule has 0 aliphatic carbocycles. The van der Waals surface area contributed by atoms with E-state index in [1.165, 1.54) is 5.56 Å². The van der Waals surface area contributed by atoms with Gasteiger partial charge in [-0.15, -0.1) is 0 Å². The van der Waals surface area contributed by atoms with Gasteiger partial charge in [0, 0.05) is 75.3 Å². The quantitative estimate of drug-likeness (QED) is 0.208. The van der Waals surface area contributed by atoms with Gasteiger partial charge in [-0.25, -0.2) is 4.79 Å². The molecule has 1 aliphatic rings. The van der Waals surface area contributed by atoms with Crippen LogP contribution in [-0.4, -0.2) is 79.8 Å². The summed E-state index contributed by atoms with van der Waals surface area (Å²) in [5, 5.41) is 1.13. The van der Waals surface area contributed by atoms with E-state index < -0.39 is 5.91 Å². The molecule has 2 N–H and O–H groups in total. The van der Waals surface area contributed by atoms with Crippen molar-refractivity contribution in [3.63, 3.8) is 0 Å². The minimum Gasteiger partial charge on any atom is -0.496 e. The predicted molar refractivity (Wildman–Crippen MR) is 179 cm³/mol. The Balaban J connectivity index is 1.14. The lowest BCUT2D eigenvalue weighted by atomic mass is 10.0. The maximum Gasteiger partial charge on any atom is 0.409 e. The number of fused-ring (bicyclic) bond motifs is 1. The molecule has 0 saturated carbocycles. The monoisotopic (exact) mass is 611 g/mol. The zero-order chi connectivity index (χ0) is 31.8. The molecule has 0 spiro atoms. The second-order valence-corrected chi connectivity index (χ2v) is 11.7. The summed E-state index contributed by atoms with van der Waals surface area (Å²) in [6, 6.07) is 24.3. The van der Waals surface area contributed by atoms with E-state index in [1.54, 1.807) is 25.1 Å². The number of methoxy groups -OCH3 is 1. The van der Waals surface area contributed by atoms with Crippen molar-refractivity contribution in [1.29, 1.82) is 0 Å². The summed E-state index contributed by atoms with van der Waals surface area (Å²) < 4.78 is 13.5. The van der Waals surface area contributed by atoms with Crippen LogP contribution in [0.1, 0.15) is 47.3 Å². The average Bonchev–Trinajstić information content (AvgIpc) is 3.50. The van der Waals surface area contributed by atoms with Gasteiger partial charge in [0.1, 0.15) is 12.4 Å². The van der Waals surface area contributed by atoms with Crippen molar-refractivity contribution < 1.29 is 19.1 Å². The SMILES string of the molecule is CCN(CCN(C)C(=O)OCc1ccccc1)c1ccc(OC)c(CCN2CCC(n3ccc4ccc(C(N)=O)cc43)CC2)c1. The highest BCUT2D eigenvalue weighted by atomic mass is 16.6. The van der Waals surface area contributed by atoms with Crippen LogP contribution in [0, 0.1) is 0 Å². The van der Waals surface area contributed by atoms with Gasteiger partial charge in [0.25, 0.3) is 0 Å². The number of rotatable bonds is 13. The minimum absolute atomic E-state index is 0.266. The summed E-state index contributed by atoms with van der Waals surface area (Å²) in [6.07, 6.45) is 4.80. The molecule has 1 saturated heterocycles. The molecule has 3 aromatic carbocycles. The highest BCUT2D eigenvalue weighted by Gasteiger charge is 2.22. The van der Waals surface area contributed by atoms with E-state index in [4.69, 9.17) is 15.2 Å². The van der Waals surface area contributed by atoms with Crippen LogP contribution in [0.4, 0.5) is 10.5 Å². The largest absolute Gasteiger partial charge is 0.496 e. The molecule has 0 bridgehead atoms. The van der Waals surface area contributed by atoms with Crippen LogP contribution >= 0.6 is 0 Å². The summed E-state index contributed by atoms with van der Waals surface area (Å²) in [5.74, 6) is 0.503. The number of ether oxygens (including phenoxy) is 2. The summed E-state index contributed by atoms with van der Waals surface area (Å²) >= 11 is 0. The summed E-state index contributed by atoms with van der Waals surface area (Å²) in [6.45, 7) is 7.44. The first-order valence-electron chi connectivity index (χ1n) is 15.8. The lowest BCUT2D eigenvalue weighted by molar-refractivity contribution is 0.0999. The van der Waals surface area contributed by atoms with Crippen LogP contribution in [0.15, 0.2) is 79.0 Å². The second-order valence-electron chi connectivity index (χ2n) is 11.7. The smallest absolute Gasteiger partial charge is 0.409 e. The fourth-order valence-corrected chi connectivity index (χ4v) is 6.14. The Morgan fingerprint density at radius 2 is 1.76 bits per heavy atom. The van der Waals surface area contributed by atoms with Crippen LogP contribution in [0.3, 0.4) is 0 Å². The molecule has 2 amide bonds. The maximum atomic E-state index is 12.6. The number of nitrogens with two attached hydrogens (primary N) is 1. The number of aromatic nitrogens is 1. The Hall–Kier alpha value is -4.50. The van der Waals surface area contributed by atoms with E-state index in [0.717, 1.165) is 73.3 Å². The van der Waals surface area contributed by atoms with Crippen molar-refractivity contribution in [2.45, 2.75) is 38.8 Å². The molecule has 2 heterocycles. The van der Waals surface area contributed by atoms with E-state index in [2.05, 4.69) is 51.8 Å². The third-order valence-corrected chi connectivity index (χ3v) is 8.89. The molecule has 0 atom stereocenters. The number of benzene rings is 3. The van der Waals surface area contributed by atoms with Gasteiger partial charge in [-0.3, -0.25) is 4.79 Å². The number of hydrogen-bond acceptors (Lipinski definition) is 6. The normalized spacial score (nSPS) is 13.9. The number of primary amides is 1. The number of likely N-dealkylation sites (N-methyl/N-ethyl adjacent to an activating group) is 2. The van der Waals surface area contributed by atoms with Gasteiger partial charge in [-0.1, -0.05) is 36.4 Å². The van der Waals surface area contributed by atoms with E-state index in [0.29, 0.717) is 24.7 Å². The number of carbonyl (C=O) groups is 2. The Morgan fingerprint density at radius 3 is 2.47 bits per heavy atom. The Kier molecular flexibility index (Phi) is 10.6. The van der Waals surface area contributed by atoms with Crippen LogP contribution in [0.2, 0.25) is 0 Å². The highest BCUT2D eigenvalue weighted by Crippen LogP contribution is 2.30. The molecule has 4 aromatic rings. The van der Waals surface area contributed by atoms with E-state index >= 15 is 0 Å². The molecule has 1 aliphatic heterocycles. The van der Waals surface area contributed by atoms with Gasteiger partial charge in [0.05, 0.1) is 7.11 Å². The number of hydrogen-bond donors (Lipinski definition) is 1. The van der Waals surface area contributed by atoms with Crippen LogP contribution in [0.5, 0.6) is 5.75 Å². The van der Waals surface area contributed by atoms with Gasteiger partial charge in [-0.05, 0) is 79.1 Å². The Bertz CT molecular complexity index is 1580. The van der Waals surface area contributed by atoms with Gasteiger partial charge in [-0.2, -0.15) is 0 Å². The van der Waals surface area contributed by atoms with E-state index in [-0.39, 0.29) is 12.7 Å². The fraction of sp³-hybridized carbons (Fsp3) is 0.389. The third kappa shape index (κ3) is 7.97. The summed E-state index contributed by atoms with van der Waals surface area (Å²) in [5.41, 5.74) is 10.4. The molecule has 0 radical (unpaired) electrons. The van der Waals surface area contributed by atoms with Crippen LogP contribution in [0.25, 0.3) is 10.9 Å². The number of carbonyl (C=O) groups excluding carboxylic acids is 2. The Labute approximate surface area is 266 Å². The van der Waals surface area contributed by atoms with Gasteiger partial charge >= 0.3 is 6.09 Å². The molecule has 1 aromatic heterocycles. The first kappa shape index (κ1) is 31.9. The zero-order valence-corrected chi connectivity index (χ0v) is 26.7. The first-order chi connectivity index (χ1) is 21.9. The van der Waals surface area contributed by atoms with Crippen LogP contribution < -0.4 is 15.4 Å². The topological polar surface area (TPSA) is 93.3 Å². The average molecular weight is 612 g/mol. The predicted octanol–water partition coefficient (Wildman–Crippen LogP) is 5.72. The lowest BCUT2D eigenvalue weighted by Crippen LogP contribution is -2.37. The molecule has 1 fully saturated rings. The highest BCUT2D eigenvalue weighted by molar-refractivity contribution is 5.97. The minimum atomic E-state index is -0.396. The summed E-state index contributed by atoms with van der Waals surface area (Å²) in [7, 11) is 3.50. The first-order valence-corrected chi connectivity index (χ1v) is 15.8. The second kappa shape index (κ2) is 15.0. The van der Waals surface area contributed by atoms with Crippen molar-refractivity contribution in [1.82, 2.24) is 14.4 Å². The van der Waals surface area contributed by atoms with Crippen molar-refractivity contribution in [2.24, 2.45) is 5.73 Å². The Morgan fingerprint density at radius 1 is 0.978 bits per heavy atom. The zero-order valence-electron chi connectivity index (χ0n) is 26.7. The number of amides is 2. The molecule has 9 heteroatoms. The maximum absolute atomic E-state index is 12.6. The third-order valence-electron chi connectivity index (χ3n) is 8.89. The van der Waals surface area contributed by atoms with E-state index in [9.17, 15) is 9.59 Å². The summed E-state index contributed by atoms with van der Waals surface area (Å²) in [4.78, 5) is 30.7. The molecule has 9 nitrogen and oxygen atoms in total. The van der Waals surface area contributed by atoms with Gasteiger partial charge < -0.3 is 34.5 Å². The van der Waals surface area contributed by atoms with E-state index in [1.807, 2.05) is 42.5 Å². The fourth-order valence-electron chi connectivity index (χ4n) is 6.14. The number of anilines is 1. The van der Waals surface area contributed by atoms with Crippen molar-refractivity contribution in [2.75, 3.05) is 58.3 Å². The molecule has 0 unspecified atom stereocenters. The van der Waals surface area contributed by atoms with Crippen molar-refractivity contribution in [3.8, 4) is 5.75 Å². The number of piperidine rings is 1. The molecule has 45 heavy (non-hydrogen) atoms. The number of likely N-dealkylation sites (tertiary alicyclic amines) is 1. The molecule has 5 rings (SSSR count). The molecular formula is C36H45N5O4. The van der Waals surface area contributed by atoms with Crippen molar-refractivity contribution in [3.05, 3.63) is 95.7 Å². The molecule has 238 valence electrons.